The summed E-state index contributed by atoms with van der Waals surface area (Å²) in [5, 5.41) is 8.98. The number of aromatic amines is 1. The van der Waals surface area contributed by atoms with Gasteiger partial charge in [-0.25, -0.2) is 0 Å². The smallest absolute Gasteiger partial charge is 0.230 e. The van der Waals surface area contributed by atoms with E-state index >= 15 is 0 Å². The summed E-state index contributed by atoms with van der Waals surface area (Å²) in [7, 11) is 0. The molecule has 3 heterocycles. The number of halogens is 1. The minimum Gasteiger partial charge on any atom is -0.380 e. The first-order valence-electron chi connectivity index (χ1n) is 7.71. The Morgan fingerprint density at radius 1 is 1.32 bits per heavy atom. The van der Waals surface area contributed by atoms with Crippen LogP contribution in [-0.2, 0) is 9.53 Å². The predicted octanol–water partition coefficient (Wildman–Crippen LogP) is 2.57. The lowest BCUT2D eigenvalue weighted by molar-refractivity contribution is -0.150. The van der Waals surface area contributed by atoms with Crippen LogP contribution in [0.1, 0.15) is 24.3 Å². The molecular weight excluding hydrogens is 302 g/mol. The SMILES string of the molecule is O=C(C1COC1)N1CCC(c2cc(Cl)cc3[nH]ncc23)CC1. The number of rotatable bonds is 2. The third kappa shape index (κ3) is 2.38. The second-order valence-corrected chi connectivity index (χ2v) is 6.60. The van der Waals surface area contributed by atoms with Crippen molar-refractivity contribution in [1.29, 1.82) is 0 Å². The number of amides is 1. The molecule has 0 radical (unpaired) electrons. The molecule has 2 aliphatic heterocycles. The lowest BCUT2D eigenvalue weighted by atomic mass is 9.87. The molecule has 0 atom stereocenters. The number of ether oxygens (including phenoxy) is 1. The van der Waals surface area contributed by atoms with Crippen LogP contribution in [0, 0.1) is 5.92 Å². The summed E-state index contributed by atoms with van der Waals surface area (Å²) in [6, 6.07) is 3.95. The van der Waals surface area contributed by atoms with Gasteiger partial charge in [0.1, 0.15) is 0 Å². The van der Waals surface area contributed by atoms with Gasteiger partial charge in [0.2, 0.25) is 5.91 Å². The van der Waals surface area contributed by atoms with Crippen molar-refractivity contribution in [3.63, 3.8) is 0 Å². The summed E-state index contributed by atoms with van der Waals surface area (Å²) in [4.78, 5) is 14.2. The van der Waals surface area contributed by atoms with Gasteiger partial charge in [0.05, 0.1) is 30.8 Å². The van der Waals surface area contributed by atoms with Gasteiger partial charge in [0, 0.05) is 23.5 Å². The average molecular weight is 320 g/mol. The third-order valence-corrected chi connectivity index (χ3v) is 5.01. The fourth-order valence-corrected chi connectivity index (χ4v) is 3.65. The summed E-state index contributed by atoms with van der Waals surface area (Å²) >= 11 is 6.22. The third-order valence-electron chi connectivity index (χ3n) is 4.79. The molecule has 116 valence electrons. The first-order chi connectivity index (χ1) is 10.7. The Labute approximate surface area is 133 Å². The van der Waals surface area contributed by atoms with E-state index in [0.29, 0.717) is 19.1 Å². The summed E-state index contributed by atoms with van der Waals surface area (Å²) in [5.74, 6) is 0.771. The molecule has 0 saturated carbocycles. The lowest BCUT2D eigenvalue weighted by Gasteiger charge is -2.36. The molecule has 0 spiro atoms. The van der Waals surface area contributed by atoms with E-state index < -0.39 is 0 Å². The van der Waals surface area contributed by atoms with Gasteiger partial charge in [-0.3, -0.25) is 9.89 Å². The van der Waals surface area contributed by atoms with Crippen LogP contribution in [0.4, 0.5) is 0 Å². The van der Waals surface area contributed by atoms with E-state index in [1.807, 2.05) is 23.2 Å². The quantitative estimate of drug-likeness (QED) is 0.925. The van der Waals surface area contributed by atoms with Gasteiger partial charge in [-0.15, -0.1) is 0 Å². The molecule has 1 aromatic carbocycles. The van der Waals surface area contributed by atoms with Crippen molar-refractivity contribution in [3.05, 3.63) is 28.9 Å². The first-order valence-corrected chi connectivity index (χ1v) is 8.09. The predicted molar refractivity (Wildman–Crippen MR) is 84.0 cm³/mol. The van der Waals surface area contributed by atoms with Crippen LogP contribution in [-0.4, -0.2) is 47.3 Å². The molecule has 22 heavy (non-hydrogen) atoms. The number of benzene rings is 1. The van der Waals surface area contributed by atoms with Gasteiger partial charge in [0.15, 0.2) is 0 Å². The van der Waals surface area contributed by atoms with Gasteiger partial charge in [0.25, 0.3) is 0 Å². The molecular formula is C16H18ClN3O2. The Hall–Kier alpha value is -1.59. The number of hydrogen-bond acceptors (Lipinski definition) is 3. The van der Waals surface area contributed by atoms with Crippen LogP contribution in [0.15, 0.2) is 18.3 Å². The molecule has 0 bridgehead atoms. The minimum atomic E-state index is 0.0864. The highest BCUT2D eigenvalue weighted by Gasteiger charge is 2.33. The maximum Gasteiger partial charge on any atom is 0.230 e. The number of hydrogen-bond donors (Lipinski definition) is 1. The molecule has 0 aliphatic carbocycles. The Kier molecular flexibility index (Phi) is 3.54. The molecule has 1 amide bonds. The molecule has 5 nitrogen and oxygen atoms in total. The highest BCUT2D eigenvalue weighted by atomic mass is 35.5. The maximum absolute atomic E-state index is 12.3. The first kappa shape index (κ1) is 14.0. The van der Waals surface area contributed by atoms with Crippen LogP contribution in [0.5, 0.6) is 0 Å². The molecule has 1 aromatic heterocycles. The molecule has 1 N–H and O–H groups in total. The highest BCUT2D eigenvalue weighted by molar-refractivity contribution is 6.31. The van der Waals surface area contributed by atoms with Gasteiger partial charge in [-0.05, 0) is 36.5 Å². The maximum atomic E-state index is 12.3. The topological polar surface area (TPSA) is 58.2 Å². The lowest BCUT2D eigenvalue weighted by Crippen LogP contribution is -2.47. The van der Waals surface area contributed by atoms with E-state index in [4.69, 9.17) is 16.3 Å². The van der Waals surface area contributed by atoms with Crippen molar-refractivity contribution in [2.24, 2.45) is 5.92 Å². The van der Waals surface area contributed by atoms with Crippen molar-refractivity contribution >= 4 is 28.4 Å². The molecule has 0 unspecified atom stereocenters. The molecule has 2 aliphatic rings. The number of carbonyl (C=O) groups is 1. The van der Waals surface area contributed by atoms with Crippen LogP contribution >= 0.6 is 11.6 Å². The zero-order valence-electron chi connectivity index (χ0n) is 12.2. The second-order valence-electron chi connectivity index (χ2n) is 6.16. The van der Waals surface area contributed by atoms with E-state index in [1.54, 1.807) is 0 Å². The normalized spacial score (nSPS) is 20.3. The number of aromatic nitrogens is 2. The van der Waals surface area contributed by atoms with Gasteiger partial charge < -0.3 is 9.64 Å². The Morgan fingerprint density at radius 2 is 2.09 bits per heavy atom. The Balaban J connectivity index is 1.50. The van der Waals surface area contributed by atoms with E-state index in [-0.39, 0.29) is 11.8 Å². The Bertz CT molecular complexity index is 702. The van der Waals surface area contributed by atoms with Crippen LogP contribution < -0.4 is 0 Å². The summed E-state index contributed by atoms with van der Waals surface area (Å²) < 4.78 is 5.12. The van der Waals surface area contributed by atoms with Crippen molar-refractivity contribution in [3.8, 4) is 0 Å². The van der Waals surface area contributed by atoms with Crippen molar-refractivity contribution in [2.45, 2.75) is 18.8 Å². The number of fused-ring (bicyclic) bond motifs is 1. The number of likely N-dealkylation sites (tertiary alicyclic amines) is 1. The second kappa shape index (κ2) is 5.56. The fraction of sp³-hybridized carbons (Fsp3) is 0.500. The Morgan fingerprint density at radius 3 is 2.77 bits per heavy atom. The number of piperidine rings is 1. The molecule has 6 heteroatoms. The number of carbonyl (C=O) groups excluding carboxylic acids is 1. The standard InChI is InChI=1S/C16H18ClN3O2/c17-12-5-13(14-7-18-19-15(14)6-12)10-1-3-20(4-2-10)16(21)11-8-22-9-11/h5-7,10-11H,1-4,8-9H2,(H,18,19). The van der Waals surface area contributed by atoms with Gasteiger partial charge in [-0.2, -0.15) is 5.10 Å². The number of nitrogens with one attached hydrogen (secondary N) is 1. The molecule has 2 fully saturated rings. The zero-order valence-corrected chi connectivity index (χ0v) is 13.0. The molecule has 2 aromatic rings. The average Bonchev–Trinajstić information content (AvgIpc) is 2.93. The van der Waals surface area contributed by atoms with Crippen LogP contribution in [0.25, 0.3) is 10.9 Å². The van der Waals surface area contributed by atoms with Gasteiger partial charge >= 0.3 is 0 Å². The van der Waals surface area contributed by atoms with Crippen molar-refractivity contribution in [2.75, 3.05) is 26.3 Å². The summed E-state index contributed by atoms with van der Waals surface area (Å²) in [6.07, 6.45) is 3.81. The zero-order chi connectivity index (χ0) is 15.1. The minimum absolute atomic E-state index is 0.0864. The van der Waals surface area contributed by atoms with E-state index in [9.17, 15) is 4.79 Å². The van der Waals surface area contributed by atoms with Crippen LogP contribution in [0.3, 0.4) is 0 Å². The van der Waals surface area contributed by atoms with Gasteiger partial charge in [-0.1, -0.05) is 11.6 Å². The van der Waals surface area contributed by atoms with E-state index in [0.717, 1.165) is 41.9 Å². The molecule has 4 rings (SSSR count). The van der Waals surface area contributed by atoms with Crippen molar-refractivity contribution in [1.82, 2.24) is 15.1 Å². The van der Waals surface area contributed by atoms with Crippen LogP contribution in [0.2, 0.25) is 5.02 Å². The largest absolute Gasteiger partial charge is 0.380 e. The van der Waals surface area contributed by atoms with E-state index in [1.165, 1.54) is 5.56 Å². The van der Waals surface area contributed by atoms with E-state index in [2.05, 4.69) is 10.2 Å². The fourth-order valence-electron chi connectivity index (χ4n) is 3.43. The monoisotopic (exact) mass is 319 g/mol. The van der Waals surface area contributed by atoms with Crippen molar-refractivity contribution < 1.29 is 9.53 Å². The summed E-state index contributed by atoms with van der Waals surface area (Å²) in [6.45, 7) is 2.79. The molecule has 2 saturated heterocycles. The highest BCUT2D eigenvalue weighted by Crippen LogP contribution is 2.35. The number of nitrogens with zero attached hydrogens (tertiary/aromatic N) is 2. The number of H-pyrrole nitrogens is 1. The summed E-state index contributed by atoms with van der Waals surface area (Å²) in [5.41, 5.74) is 2.22.